The quantitative estimate of drug-likeness (QED) is 0.859. The molecule has 1 aromatic heterocycles. The summed E-state index contributed by atoms with van der Waals surface area (Å²) in [5.41, 5.74) is 0.619. The highest BCUT2D eigenvalue weighted by Gasteiger charge is 2.40. The van der Waals surface area contributed by atoms with Gasteiger partial charge < -0.3 is 15.2 Å². The lowest BCUT2D eigenvalue weighted by Crippen LogP contribution is -2.46. The first kappa shape index (κ1) is 15.0. The summed E-state index contributed by atoms with van der Waals surface area (Å²) < 4.78 is 7.11. The number of rotatable bonds is 4. The first-order valence-corrected chi connectivity index (χ1v) is 7.76. The second kappa shape index (κ2) is 6.08. The van der Waals surface area contributed by atoms with Crippen LogP contribution in [0.5, 0.6) is 0 Å². The fourth-order valence-electron chi connectivity index (χ4n) is 3.18. The lowest BCUT2D eigenvalue weighted by molar-refractivity contribution is -0.154. The zero-order valence-electron chi connectivity index (χ0n) is 12.5. The molecule has 0 aromatic carbocycles. The van der Waals surface area contributed by atoms with Crippen molar-refractivity contribution in [3.8, 4) is 0 Å². The number of ether oxygens (including phenoxy) is 1. The van der Waals surface area contributed by atoms with E-state index in [2.05, 4.69) is 10.4 Å². The van der Waals surface area contributed by atoms with Crippen LogP contribution in [-0.2, 0) is 22.5 Å². The molecule has 22 heavy (non-hydrogen) atoms. The standard InChI is InChI=1S/C15H21N3O4/c19-13(11-9-17-18-6-2-1-3-12(11)18)16-10-15(14(20)21)4-7-22-8-5-15/h9H,1-8,10H2,(H,16,19)(H,20,21). The van der Waals surface area contributed by atoms with Crippen molar-refractivity contribution in [2.24, 2.45) is 5.41 Å². The van der Waals surface area contributed by atoms with Crippen LogP contribution in [-0.4, -0.2) is 46.5 Å². The van der Waals surface area contributed by atoms with E-state index in [1.165, 1.54) is 0 Å². The summed E-state index contributed by atoms with van der Waals surface area (Å²) in [6.45, 7) is 1.82. The first-order valence-electron chi connectivity index (χ1n) is 7.76. The number of aromatic nitrogens is 2. The van der Waals surface area contributed by atoms with Gasteiger partial charge in [-0.15, -0.1) is 0 Å². The number of carbonyl (C=O) groups excluding carboxylic acids is 1. The molecule has 7 heteroatoms. The number of carbonyl (C=O) groups is 2. The van der Waals surface area contributed by atoms with Gasteiger partial charge in [-0.3, -0.25) is 14.3 Å². The van der Waals surface area contributed by atoms with Gasteiger partial charge in [0, 0.05) is 26.3 Å². The molecule has 3 rings (SSSR count). The Morgan fingerprint density at radius 1 is 1.36 bits per heavy atom. The number of amides is 1. The second-order valence-electron chi connectivity index (χ2n) is 6.07. The number of aryl methyl sites for hydroxylation is 1. The van der Waals surface area contributed by atoms with Gasteiger partial charge in [-0.05, 0) is 32.1 Å². The van der Waals surface area contributed by atoms with Crippen molar-refractivity contribution >= 4 is 11.9 Å². The third-order valence-electron chi connectivity index (χ3n) is 4.72. The van der Waals surface area contributed by atoms with Crippen molar-refractivity contribution in [2.45, 2.75) is 38.6 Å². The predicted molar refractivity (Wildman–Crippen MR) is 77.6 cm³/mol. The van der Waals surface area contributed by atoms with E-state index in [-0.39, 0.29) is 12.5 Å². The molecule has 0 saturated carbocycles. The molecule has 1 aromatic rings. The van der Waals surface area contributed by atoms with E-state index in [0.717, 1.165) is 31.5 Å². The Labute approximate surface area is 128 Å². The Morgan fingerprint density at radius 3 is 2.86 bits per heavy atom. The third-order valence-corrected chi connectivity index (χ3v) is 4.72. The number of hydrogen-bond donors (Lipinski definition) is 2. The third kappa shape index (κ3) is 2.72. The van der Waals surface area contributed by atoms with Crippen molar-refractivity contribution in [1.82, 2.24) is 15.1 Å². The monoisotopic (exact) mass is 307 g/mol. The number of nitrogens with one attached hydrogen (secondary N) is 1. The SMILES string of the molecule is O=C(NCC1(C(=O)O)CCOCC1)c1cnn2c1CCCC2. The van der Waals surface area contributed by atoms with Gasteiger partial charge in [0.15, 0.2) is 0 Å². The van der Waals surface area contributed by atoms with Gasteiger partial charge in [-0.2, -0.15) is 5.10 Å². The number of fused-ring (bicyclic) bond motifs is 1. The molecule has 2 aliphatic rings. The second-order valence-corrected chi connectivity index (χ2v) is 6.07. The maximum atomic E-state index is 12.4. The molecule has 7 nitrogen and oxygen atoms in total. The topological polar surface area (TPSA) is 93.5 Å². The number of nitrogens with zero attached hydrogens (tertiary/aromatic N) is 2. The van der Waals surface area contributed by atoms with Gasteiger partial charge in [0.1, 0.15) is 0 Å². The Hall–Kier alpha value is -1.89. The highest BCUT2D eigenvalue weighted by molar-refractivity contribution is 5.95. The van der Waals surface area contributed by atoms with E-state index in [9.17, 15) is 14.7 Å². The molecule has 2 N–H and O–H groups in total. The lowest BCUT2D eigenvalue weighted by atomic mass is 9.80. The Kier molecular flexibility index (Phi) is 4.15. The molecule has 0 bridgehead atoms. The zero-order chi connectivity index (χ0) is 15.6. The lowest BCUT2D eigenvalue weighted by Gasteiger charge is -2.33. The molecular formula is C15H21N3O4. The largest absolute Gasteiger partial charge is 0.481 e. The molecule has 0 radical (unpaired) electrons. The molecule has 120 valence electrons. The van der Waals surface area contributed by atoms with Gasteiger partial charge in [0.25, 0.3) is 5.91 Å². The average Bonchev–Trinajstić information content (AvgIpc) is 2.97. The fraction of sp³-hybridized carbons (Fsp3) is 0.667. The molecule has 1 amide bonds. The van der Waals surface area contributed by atoms with E-state index in [4.69, 9.17) is 4.74 Å². The van der Waals surface area contributed by atoms with E-state index in [1.54, 1.807) is 6.20 Å². The predicted octanol–water partition coefficient (Wildman–Crippen LogP) is 0.831. The van der Waals surface area contributed by atoms with Crippen LogP contribution in [0.4, 0.5) is 0 Å². The molecule has 0 atom stereocenters. The summed E-state index contributed by atoms with van der Waals surface area (Å²) in [4.78, 5) is 24.0. The van der Waals surface area contributed by atoms with Crippen molar-refractivity contribution in [3.05, 3.63) is 17.5 Å². The fourth-order valence-corrected chi connectivity index (χ4v) is 3.18. The zero-order valence-corrected chi connectivity index (χ0v) is 12.5. The van der Waals surface area contributed by atoms with Gasteiger partial charge in [0.2, 0.25) is 0 Å². The molecule has 2 aliphatic heterocycles. The van der Waals surface area contributed by atoms with Crippen LogP contribution < -0.4 is 5.32 Å². The summed E-state index contributed by atoms with van der Waals surface area (Å²) >= 11 is 0. The molecule has 0 unspecified atom stereocenters. The minimum Gasteiger partial charge on any atom is -0.481 e. The number of aliphatic carboxylic acids is 1. The Bertz CT molecular complexity index is 575. The van der Waals surface area contributed by atoms with Crippen LogP contribution in [0.25, 0.3) is 0 Å². The number of hydrogen-bond acceptors (Lipinski definition) is 4. The molecule has 0 aliphatic carbocycles. The summed E-state index contributed by atoms with van der Waals surface area (Å²) in [5.74, 6) is -1.09. The van der Waals surface area contributed by atoms with Crippen LogP contribution in [0.1, 0.15) is 41.7 Å². The van der Waals surface area contributed by atoms with E-state index < -0.39 is 11.4 Å². The normalized spacial score (nSPS) is 20.2. The van der Waals surface area contributed by atoms with Gasteiger partial charge in [-0.25, -0.2) is 0 Å². The number of carboxylic acids is 1. The molecular weight excluding hydrogens is 286 g/mol. The first-order chi connectivity index (χ1) is 10.6. The smallest absolute Gasteiger partial charge is 0.311 e. The molecule has 1 fully saturated rings. The summed E-state index contributed by atoms with van der Waals surface area (Å²) in [7, 11) is 0. The molecule has 1 saturated heterocycles. The Balaban J connectivity index is 1.69. The van der Waals surface area contributed by atoms with Crippen LogP contribution in [0.15, 0.2) is 6.20 Å². The van der Waals surface area contributed by atoms with Gasteiger partial charge in [-0.1, -0.05) is 0 Å². The highest BCUT2D eigenvalue weighted by Crippen LogP contribution is 2.30. The van der Waals surface area contributed by atoms with Crippen molar-refractivity contribution in [2.75, 3.05) is 19.8 Å². The minimum absolute atomic E-state index is 0.134. The van der Waals surface area contributed by atoms with E-state index >= 15 is 0 Å². The van der Waals surface area contributed by atoms with Crippen molar-refractivity contribution in [1.29, 1.82) is 0 Å². The average molecular weight is 307 g/mol. The number of carboxylic acid groups (broad SMARTS) is 1. The summed E-state index contributed by atoms with van der Waals surface area (Å²) in [5, 5.41) is 16.5. The van der Waals surface area contributed by atoms with Crippen molar-refractivity contribution < 1.29 is 19.4 Å². The molecule has 3 heterocycles. The summed E-state index contributed by atoms with van der Waals surface area (Å²) in [6.07, 6.45) is 5.43. The molecule has 0 spiro atoms. The van der Waals surface area contributed by atoms with E-state index in [1.807, 2.05) is 4.68 Å². The van der Waals surface area contributed by atoms with Crippen LogP contribution in [0.3, 0.4) is 0 Å². The van der Waals surface area contributed by atoms with Crippen LogP contribution >= 0.6 is 0 Å². The van der Waals surface area contributed by atoms with Crippen LogP contribution in [0, 0.1) is 5.41 Å². The maximum absolute atomic E-state index is 12.4. The maximum Gasteiger partial charge on any atom is 0.311 e. The summed E-state index contributed by atoms with van der Waals surface area (Å²) in [6, 6.07) is 0. The highest BCUT2D eigenvalue weighted by atomic mass is 16.5. The van der Waals surface area contributed by atoms with Crippen LogP contribution in [0.2, 0.25) is 0 Å². The van der Waals surface area contributed by atoms with Gasteiger partial charge in [0.05, 0.1) is 22.9 Å². The Morgan fingerprint density at radius 2 is 2.14 bits per heavy atom. The van der Waals surface area contributed by atoms with Crippen molar-refractivity contribution in [3.63, 3.8) is 0 Å². The van der Waals surface area contributed by atoms with E-state index in [0.29, 0.717) is 31.6 Å². The minimum atomic E-state index is -0.916. The van der Waals surface area contributed by atoms with Gasteiger partial charge >= 0.3 is 5.97 Å².